The van der Waals surface area contributed by atoms with E-state index < -0.39 is 11.6 Å². The summed E-state index contributed by atoms with van der Waals surface area (Å²) in [6.45, 7) is 2.31. The minimum Gasteiger partial charge on any atom is -0.387 e. The van der Waals surface area contributed by atoms with Crippen LogP contribution < -0.4 is 10.6 Å². The molecule has 1 unspecified atom stereocenters. The highest BCUT2D eigenvalue weighted by atomic mass is 16.3. The van der Waals surface area contributed by atoms with Crippen molar-refractivity contribution in [3.63, 3.8) is 0 Å². The van der Waals surface area contributed by atoms with E-state index in [1.54, 1.807) is 6.92 Å². The number of hydrogen-bond acceptors (Lipinski definition) is 4. The molecule has 1 aliphatic heterocycles. The second-order valence-electron chi connectivity index (χ2n) is 5.11. The molecule has 98 valence electrons. The van der Waals surface area contributed by atoms with E-state index in [1.807, 2.05) is 19.0 Å². The van der Waals surface area contributed by atoms with Gasteiger partial charge in [-0.2, -0.15) is 0 Å². The molecule has 1 saturated heterocycles. The summed E-state index contributed by atoms with van der Waals surface area (Å²) in [4.78, 5) is 24.5. The van der Waals surface area contributed by atoms with Crippen molar-refractivity contribution in [1.29, 1.82) is 0 Å². The van der Waals surface area contributed by atoms with Crippen molar-refractivity contribution in [3.8, 4) is 0 Å². The van der Waals surface area contributed by atoms with Crippen LogP contribution >= 0.6 is 0 Å². The Bertz CT molecular complexity index is 302. The number of aliphatic hydroxyl groups is 1. The Morgan fingerprint density at radius 1 is 1.65 bits per heavy atom. The highest BCUT2D eigenvalue weighted by Crippen LogP contribution is 2.07. The average Bonchev–Trinajstić information content (AvgIpc) is 2.59. The predicted molar refractivity (Wildman–Crippen MR) is 63.4 cm³/mol. The van der Waals surface area contributed by atoms with Crippen LogP contribution in [0.4, 0.5) is 0 Å². The van der Waals surface area contributed by atoms with Crippen LogP contribution in [0.2, 0.25) is 0 Å². The van der Waals surface area contributed by atoms with Gasteiger partial charge in [0.25, 0.3) is 0 Å². The van der Waals surface area contributed by atoms with Gasteiger partial charge in [-0.15, -0.1) is 0 Å². The number of nitrogens with zero attached hydrogens (tertiary/aromatic N) is 1. The first kappa shape index (κ1) is 13.9. The Morgan fingerprint density at radius 3 is 2.76 bits per heavy atom. The quantitative estimate of drug-likeness (QED) is 0.560. The summed E-state index contributed by atoms with van der Waals surface area (Å²) in [5.41, 5.74) is -0.970. The van der Waals surface area contributed by atoms with E-state index in [-0.39, 0.29) is 18.4 Å². The first-order valence-electron chi connectivity index (χ1n) is 5.74. The topological polar surface area (TPSA) is 81.7 Å². The van der Waals surface area contributed by atoms with Gasteiger partial charge in [0, 0.05) is 19.5 Å². The number of nitrogens with one attached hydrogen (secondary N) is 2. The van der Waals surface area contributed by atoms with Crippen LogP contribution in [0.15, 0.2) is 0 Å². The number of hydrogen-bond donors (Lipinski definition) is 3. The Balaban J connectivity index is 2.34. The molecule has 17 heavy (non-hydrogen) atoms. The van der Waals surface area contributed by atoms with Crippen LogP contribution in [0, 0.1) is 0 Å². The van der Waals surface area contributed by atoms with Crippen LogP contribution in [0.3, 0.4) is 0 Å². The van der Waals surface area contributed by atoms with Crippen molar-refractivity contribution in [2.24, 2.45) is 0 Å². The van der Waals surface area contributed by atoms with E-state index in [2.05, 4.69) is 10.6 Å². The number of carbonyl (C=O) groups excluding carboxylic acids is 2. The lowest BCUT2D eigenvalue weighted by atomic mass is 10.1. The smallest absolute Gasteiger partial charge is 0.242 e. The van der Waals surface area contributed by atoms with Gasteiger partial charge in [0.05, 0.1) is 5.60 Å². The lowest BCUT2D eigenvalue weighted by Gasteiger charge is -2.27. The third-order valence-corrected chi connectivity index (χ3v) is 2.61. The molecule has 1 heterocycles. The summed E-state index contributed by atoms with van der Waals surface area (Å²) in [6, 6.07) is -0.447. The van der Waals surface area contributed by atoms with Crippen molar-refractivity contribution in [2.75, 3.05) is 27.2 Å². The highest BCUT2D eigenvalue weighted by molar-refractivity contribution is 5.90. The predicted octanol–water partition coefficient (Wildman–Crippen LogP) is -1.31. The molecule has 0 spiro atoms. The summed E-state index contributed by atoms with van der Waals surface area (Å²) in [7, 11) is 3.71. The molecule has 0 bridgehead atoms. The van der Waals surface area contributed by atoms with Gasteiger partial charge in [0.1, 0.15) is 6.04 Å². The maximum atomic E-state index is 11.7. The van der Waals surface area contributed by atoms with Gasteiger partial charge in [-0.25, -0.2) is 0 Å². The average molecular weight is 243 g/mol. The van der Waals surface area contributed by atoms with Crippen LogP contribution in [0.1, 0.15) is 19.8 Å². The first-order chi connectivity index (χ1) is 7.80. The molecule has 0 saturated carbocycles. The third kappa shape index (κ3) is 4.70. The van der Waals surface area contributed by atoms with Gasteiger partial charge >= 0.3 is 0 Å². The molecular formula is C11H21N3O3. The molecule has 1 rings (SSSR count). The standard InChI is InChI=1S/C11H21N3O3/c1-11(17,7-14(2)3)6-12-10(16)8-4-5-9(15)13-8/h8,17H,4-7H2,1-3H3,(H,12,16)(H,13,15)/t8-,11?/m0/s1. The fourth-order valence-electron chi connectivity index (χ4n) is 1.95. The zero-order valence-electron chi connectivity index (χ0n) is 10.6. The third-order valence-electron chi connectivity index (χ3n) is 2.61. The van der Waals surface area contributed by atoms with Gasteiger partial charge < -0.3 is 20.6 Å². The molecule has 0 aromatic heterocycles. The Hall–Kier alpha value is -1.14. The zero-order chi connectivity index (χ0) is 13.1. The van der Waals surface area contributed by atoms with E-state index in [0.29, 0.717) is 19.4 Å². The van der Waals surface area contributed by atoms with E-state index in [1.165, 1.54) is 0 Å². The molecule has 6 heteroatoms. The van der Waals surface area contributed by atoms with E-state index in [4.69, 9.17) is 0 Å². The maximum Gasteiger partial charge on any atom is 0.242 e. The molecule has 2 amide bonds. The van der Waals surface area contributed by atoms with Gasteiger partial charge in [0.15, 0.2) is 0 Å². The lowest BCUT2D eigenvalue weighted by Crippen LogP contribution is -2.50. The van der Waals surface area contributed by atoms with Gasteiger partial charge in [-0.1, -0.05) is 0 Å². The van der Waals surface area contributed by atoms with Crippen LogP contribution in [-0.4, -0.2) is 60.6 Å². The largest absolute Gasteiger partial charge is 0.387 e. The van der Waals surface area contributed by atoms with Crippen molar-refractivity contribution >= 4 is 11.8 Å². The molecule has 0 aromatic carbocycles. The molecule has 0 aromatic rings. The van der Waals surface area contributed by atoms with E-state index in [9.17, 15) is 14.7 Å². The molecule has 1 fully saturated rings. The summed E-state index contributed by atoms with van der Waals surface area (Å²) in [5.74, 6) is -0.319. The number of carbonyl (C=O) groups is 2. The lowest BCUT2D eigenvalue weighted by molar-refractivity contribution is -0.126. The highest BCUT2D eigenvalue weighted by Gasteiger charge is 2.29. The summed E-state index contributed by atoms with van der Waals surface area (Å²) in [6.07, 6.45) is 0.923. The van der Waals surface area contributed by atoms with Crippen LogP contribution in [0.25, 0.3) is 0 Å². The molecule has 1 aliphatic rings. The number of rotatable bonds is 5. The molecular weight excluding hydrogens is 222 g/mol. The maximum absolute atomic E-state index is 11.7. The van der Waals surface area contributed by atoms with Crippen molar-refractivity contribution in [3.05, 3.63) is 0 Å². The van der Waals surface area contributed by atoms with Gasteiger partial charge in [-0.05, 0) is 27.4 Å². The minimum absolute atomic E-state index is 0.0924. The fourth-order valence-corrected chi connectivity index (χ4v) is 1.95. The first-order valence-corrected chi connectivity index (χ1v) is 5.74. The Morgan fingerprint density at radius 2 is 2.29 bits per heavy atom. The zero-order valence-corrected chi connectivity index (χ0v) is 10.6. The molecule has 2 atom stereocenters. The molecule has 6 nitrogen and oxygen atoms in total. The Kier molecular flexibility index (Phi) is 4.47. The van der Waals surface area contributed by atoms with Gasteiger partial charge in [-0.3, -0.25) is 9.59 Å². The fraction of sp³-hybridized carbons (Fsp3) is 0.818. The van der Waals surface area contributed by atoms with Crippen molar-refractivity contribution in [2.45, 2.75) is 31.4 Å². The normalized spacial score (nSPS) is 23.4. The summed E-state index contributed by atoms with van der Waals surface area (Å²) in [5, 5.41) is 15.2. The SMILES string of the molecule is CN(C)CC(C)(O)CNC(=O)[C@@H]1CCC(=O)N1. The molecule has 0 aliphatic carbocycles. The second-order valence-corrected chi connectivity index (χ2v) is 5.11. The van der Waals surface area contributed by atoms with E-state index in [0.717, 1.165) is 0 Å². The van der Waals surface area contributed by atoms with Gasteiger partial charge in [0.2, 0.25) is 11.8 Å². The Labute approximate surface area is 101 Å². The molecule has 0 radical (unpaired) electrons. The monoisotopic (exact) mass is 243 g/mol. The van der Waals surface area contributed by atoms with Crippen LogP contribution in [0.5, 0.6) is 0 Å². The van der Waals surface area contributed by atoms with Crippen LogP contribution in [-0.2, 0) is 9.59 Å². The number of amides is 2. The number of likely N-dealkylation sites (N-methyl/N-ethyl adjacent to an activating group) is 1. The molecule has 3 N–H and O–H groups in total. The van der Waals surface area contributed by atoms with E-state index >= 15 is 0 Å². The summed E-state index contributed by atoms with van der Waals surface area (Å²) >= 11 is 0. The minimum atomic E-state index is -0.970. The second kappa shape index (κ2) is 5.46. The van der Waals surface area contributed by atoms with Crippen molar-refractivity contribution < 1.29 is 14.7 Å². The summed E-state index contributed by atoms with van der Waals surface area (Å²) < 4.78 is 0. The van der Waals surface area contributed by atoms with Crippen molar-refractivity contribution in [1.82, 2.24) is 15.5 Å².